The predicted octanol–water partition coefficient (Wildman–Crippen LogP) is 3.24. The van der Waals surface area contributed by atoms with Crippen molar-refractivity contribution in [3.05, 3.63) is 52.5 Å². The average Bonchev–Trinajstić information content (AvgIpc) is 3.19. The van der Waals surface area contributed by atoms with Crippen molar-refractivity contribution in [2.45, 2.75) is 32.4 Å². The molecule has 4 nitrogen and oxygen atoms in total. The fourth-order valence-electron chi connectivity index (χ4n) is 4.78. The number of nitrogens with zero attached hydrogens (tertiary/aromatic N) is 3. The summed E-state index contributed by atoms with van der Waals surface area (Å²) in [5.74, 6) is 0.397. The first-order valence-corrected chi connectivity index (χ1v) is 10.7. The van der Waals surface area contributed by atoms with E-state index in [0.717, 1.165) is 39.3 Å². The lowest BCUT2D eigenvalue weighted by atomic mass is 9.64. The molecular formula is C21H29N3OS. The predicted molar refractivity (Wildman–Crippen MR) is 106 cm³/mol. The maximum absolute atomic E-state index is 10.1. The van der Waals surface area contributed by atoms with Crippen molar-refractivity contribution in [2.75, 3.05) is 32.8 Å². The molecule has 0 bridgehead atoms. The quantitative estimate of drug-likeness (QED) is 0.876. The third-order valence-electron chi connectivity index (χ3n) is 6.46. The molecule has 0 saturated carbocycles. The maximum Gasteiger partial charge on any atom is 0.0795 e. The standard InChI is InChI=1S/C21H29N3OS/c25-15-19-13-24(14-20-16-26-17-22-20)11-8-21(19)6-9-23(10-7-21)12-18-4-2-1-3-5-18/h1-5,16-17,19,25H,6-15H2/t19-/m0/s1. The number of piperidine rings is 2. The van der Waals surface area contributed by atoms with Crippen LogP contribution in [0.1, 0.15) is 30.5 Å². The summed E-state index contributed by atoms with van der Waals surface area (Å²) in [6.07, 6.45) is 3.65. The molecule has 1 atom stereocenters. The lowest BCUT2D eigenvalue weighted by molar-refractivity contribution is -0.0452. The Morgan fingerprint density at radius 3 is 2.42 bits per heavy atom. The second-order valence-corrected chi connectivity index (χ2v) is 8.69. The summed E-state index contributed by atoms with van der Waals surface area (Å²) < 4.78 is 0. The van der Waals surface area contributed by atoms with E-state index in [-0.39, 0.29) is 0 Å². The summed E-state index contributed by atoms with van der Waals surface area (Å²) >= 11 is 1.66. The van der Waals surface area contributed by atoms with Crippen molar-refractivity contribution in [3.8, 4) is 0 Å². The van der Waals surface area contributed by atoms with Gasteiger partial charge in [0.05, 0.1) is 11.2 Å². The summed E-state index contributed by atoms with van der Waals surface area (Å²) in [7, 11) is 0. The maximum atomic E-state index is 10.1. The van der Waals surface area contributed by atoms with E-state index in [2.05, 4.69) is 50.5 Å². The first-order valence-electron chi connectivity index (χ1n) is 9.74. The molecule has 2 fully saturated rings. The van der Waals surface area contributed by atoms with E-state index >= 15 is 0 Å². The normalized spacial score (nSPS) is 24.1. The molecule has 0 aliphatic carbocycles. The summed E-state index contributed by atoms with van der Waals surface area (Å²) in [6, 6.07) is 10.8. The Labute approximate surface area is 160 Å². The van der Waals surface area contributed by atoms with Gasteiger partial charge >= 0.3 is 0 Å². The number of aliphatic hydroxyl groups is 1. The van der Waals surface area contributed by atoms with Crippen molar-refractivity contribution >= 4 is 11.3 Å². The minimum atomic E-state index is 0.312. The molecule has 0 radical (unpaired) electrons. The first kappa shape index (κ1) is 18.1. The van der Waals surface area contributed by atoms with Crippen LogP contribution >= 0.6 is 11.3 Å². The van der Waals surface area contributed by atoms with Gasteiger partial charge in [0, 0.05) is 37.5 Å². The zero-order chi connectivity index (χ0) is 17.8. The number of rotatable bonds is 5. The lowest BCUT2D eigenvalue weighted by Crippen LogP contribution is -2.53. The van der Waals surface area contributed by atoms with Gasteiger partial charge in [-0.3, -0.25) is 9.80 Å². The highest BCUT2D eigenvalue weighted by Gasteiger charge is 2.44. The van der Waals surface area contributed by atoms with Crippen LogP contribution in [0.25, 0.3) is 0 Å². The number of benzene rings is 1. The summed E-state index contributed by atoms with van der Waals surface area (Å²) in [5.41, 5.74) is 4.81. The zero-order valence-electron chi connectivity index (χ0n) is 15.4. The van der Waals surface area contributed by atoms with Gasteiger partial charge in [-0.05, 0) is 49.9 Å². The van der Waals surface area contributed by atoms with Crippen LogP contribution in [0.3, 0.4) is 0 Å². The third-order valence-corrected chi connectivity index (χ3v) is 7.10. The number of hydrogen-bond acceptors (Lipinski definition) is 5. The molecule has 0 unspecified atom stereocenters. The minimum absolute atomic E-state index is 0.312. The molecular weight excluding hydrogens is 342 g/mol. The van der Waals surface area contributed by atoms with Gasteiger partial charge in [-0.15, -0.1) is 11.3 Å². The van der Waals surface area contributed by atoms with Crippen LogP contribution in [0.5, 0.6) is 0 Å². The molecule has 1 aromatic carbocycles. The second kappa shape index (κ2) is 8.17. The largest absolute Gasteiger partial charge is 0.396 e. The number of likely N-dealkylation sites (tertiary alicyclic amines) is 2. The molecule has 0 amide bonds. The molecule has 2 aliphatic rings. The number of aliphatic hydroxyl groups excluding tert-OH is 1. The Kier molecular flexibility index (Phi) is 5.69. The molecule has 1 aromatic heterocycles. The van der Waals surface area contributed by atoms with E-state index in [1.165, 1.54) is 30.5 Å². The fourth-order valence-corrected chi connectivity index (χ4v) is 5.33. The molecule has 3 heterocycles. The van der Waals surface area contributed by atoms with Gasteiger partial charge in [-0.2, -0.15) is 0 Å². The Morgan fingerprint density at radius 2 is 1.77 bits per heavy atom. The average molecular weight is 372 g/mol. The van der Waals surface area contributed by atoms with Crippen molar-refractivity contribution in [3.63, 3.8) is 0 Å². The van der Waals surface area contributed by atoms with Gasteiger partial charge < -0.3 is 5.11 Å². The Bertz CT molecular complexity index is 668. The van der Waals surface area contributed by atoms with Crippen LogP contribution < -0.4 is 0 Å². The number of thiazole rings is 1. The van der Waals surface area contributed by atoms with Crippen LogP contribution in [0.2, 0.25) is 0 Å². The zero-order valence-corrected chi connectivity index (χ0v) is 16.2. The SMILES string of the molecule is OC[C@@H]1CN(Cc2cscn2)CCC12CCN(Cc1ccccc1)CC2. The second-order valence-electron chi connectivity index (χ2n) is 7.97. The Morgan fingerprint density at radius 1 is 1.04 bits per heavy atom. The molecule has 2 saturated heterocycles. The van der Waals surface area contributed by atoms with Crippen LogP contribution in [-0.2, 0) is 13.1 Å². The Hall–Kier alpha value is -1.27. The molecule has 4 rings (SSSR count). The van der Waals surface area contributed by atoms with Crippen molar-refractivity contribution in [2.24, 2.45) is 11.3 Å². The van der Waals surface area contributed by atoms with E-state index < -0.39 is 0 Å². The van der Waals surface area contributed by atoms with Gasteiger partial charge in [-0.25, -0.2) is 4.98 Å². The van der Waals surface area contributed by atoms with E-state index in [0.29, 0.717) is 17.9 Å². The van der Waals surface area contributed by atoms with Gasteiger partial charge in [0.2, 0.25) is 0 Å². The van der Waals surface area contributed by atoms with E-state index in [1.54, 1.807) is 11.3 Å². The molecule has 1 N–H and O–H groups in total. The van der Waals surface area contributed by atoms with Crippen LogP contribution in [0, 0.1) is 11.3 Å². The third kappa shape index (κ3) is 4.01. The molecule has 2 aromatic rings. The van der Waals surface area contributed by atoms with E-state index in [4.69, 9.17) is 0 Å². The van der Waals surface area contributed by atoms with Crippen molar-refractivity contribution in [1.29, 1.82) is 0 Å². The van der Waals surface area contributed by atoms with Crippen LogP contribution in [-0.4, -0.2) is 52.7 Å². The van der Waals surface area contributed by atoms with E-state index in [1.807, 2.05) is 5.51 Å². The molecule has 140 valence electrons. The minimum Gasteiger partial charge on any atom is -0.396 e. The molecule has 5 heteroatoms. The van der Waals surface area contributed by atoms with Gasteiger partial charge in [0.1, 0.15) is 0 Å². The highest BCUT2D eigenvalue weighted by atomic mass is 32.1. The van der Waals surface area contributed by atoms with Gasteiger partial charge in [0.25, 0.3) is 0 Å². The van der Waals surface area contributed by atoms with Crippen molar-refractivity contribution in [1.82, 2.24) is 14.8 Å². The van der Waals surface area contributed by atoms with Crippen LogP contribution in [0.4, 0.5) is 0 Å². The number of hydrogen-bond donors (Lipinski definition) is 1. The highest BCUT2D eigenvalue weighted by molar-refractivity contribution is 7.07. The monoisotopic (exact) mass is 371 g/mol. The Balaban J connectivity index is 1.34. The smallest absolute Gasteiger partial charge is 0.0795 e. The summed E-state index contributed by atoms with van der Waals surface area (Å²) in [6.45, 7) is 6.73. The van der Waals surface area contributed by atoms with Crippen molar-refractivity contribution < 1.29 is 5.11 Å². The topological polar surface area (TPSA) is 39.6 Å². The fraction of sp³-hybridized carbons (Fsp3) is 0.571. The lowest BCUT2D eigenvalue weighted by Gasteiger charge is -2.51. The van der Waals surface area contributed by atoms with Crippen LogP contribution in [0.15, 0.2) is 41.2 Å². The molecule has 1 spiro atoms. The summed E-state index contributed by atoms with van der Waals surface area (Å²) in [4.78, 5) is 9.49. The molecule has 26 heavy (non-hydrogen) atoms. The first-order chi connectivity index (χ1) is 12.8. The summed E-state index contributed by atoms with van der Waals surface area (Å²) in [5, 5.41) is 12.2. The van der Waals surface area contributed by atoms with Gasteiger partial charge in [-0.1, -0.05) is 30.3 Å². The number of aromatic nitrogens is 1. The molecule has 2 aliphatic heterocycles. The van der Waals surface area contributed by atoms with E-state index in [9.17, 15) is 5.11 Å². The van der Waals surface area contributed by atoms with Gasteiger partial charge in [0.15, 0.2) is 0 Å². The highest BCUT2D eigenvalue weighted by Crippen LogP contribution is 2.45.